The number of anilines is 2. The second-order valence-corrected chi connectivity index (χ2v) is 6.80. The van der Waals surface area contributed by atoms with Crippen molar-refractivity contribution < 1.29 is 14.3 Å². The fourth-order valence-electron chi connectivity index (χ4n) is 3.31. The molecular formula is C21H24N2O3. The molecule has 0 spiro atoms. The molecule has 0 aromatic heterocycles. The highest BCUT2D eigenvalue weighted by Crippen LogP contribution is 2.23. The summed E-state index contributed by atoms with van der Waals surface area (Å²) in [5, 5.41) is 5.81. The van der Waals surface area contributed by atoms with Crippen molar-refractivity contribution in [2.75, 3.05) is 17.2 Å². The lowest BCUT2D eigenvalue weighted by Gasteiger charge is -2.14. The summed E-state index contributed by atoms with van der Waals surface area (Å²) in [5.41, 5.74) is 5.13. The number of nitrogens with one attached hydrogen (secondary N) is 2. The van der Waals surface area contributed by atoms with Gasteiger partial charge in [0.25, 0.3) is 11.8 Å². The van der Waals surface area contributed by atoms with Crippen molar-refractivity contribution >= 4 is 23.2 Å². The van der Waals surface area contributed by atoms with Crippen LogP contribution in [0, 0.1) is 20.8 Å². The average molecular weight is 352 g/mol. The average Bonchev–Trinajstić information content (AvgIpc) is 3.13. The van der Waals surface area contributed by atoms with Crippen molar-refractivity contribution in [3.05, 3.63) is 58.7 Å². The molecule has 2 amide bonds. The van der Waals surface area contributed by atoms with Gasteiger partial charge in [0.1, 0.15) is 6.10 Å². The van der Waals surface area contributed by atoms with Gasteiger partial charge in [0.05, 0.1) is 0 Å². The van der Waals surface area contributed by atoms with Gasteiger partial charge in [-0.1, -0.05) is 23.8 Å². The zero-order chi connectivity index (χ0) is 18.7. The molecule has 1 aliphatic heterocycles. The zero-order valence-electron chi connectivity index (χ0n) is 15.4. The van der Waals surface area contributed by atoms with Crippen LogP contribution in [0.5, 0.6) is 0 Å². The van der Waals surface area contributed by atoms with Gasteiger partial charge in [-0.2, -0.15) is 0 Å². The molecule has 5 nitrogen and oxygen atoms in total. The summed E-state index contributed by atoms with van der Waals surface area (Å²) in [6, 6.07) is 11.0. The van der Waals surface area contributed by atoms with E-state index in [9.17, 15) is 9.59 Å². The third-order valence-corrected chi connectivity index (χ3v) is 4.53. The van der Waals surface area contributed by atoms with Crippen LogP contribution in [0.2, 0.25) is 0 Å². The molecule has 2 aromatic rings. The Bertz CT molecular complexity index is 816. The van der Waals surface area contributed by atoms with E-state index in [0.717, 1.165) is 35.2 Å². The van der Waals surface area contributed by atoms with E-state index in [1.165, 1.54) is 0 Å². The van der Waals surface area contributed by atoms with E-state index in [0.29, 0.717) is 17.9 Å². The second-order valence-electron chi connectivity index (χ2n) is 6.80. The maximum atomic E-state index is 12.6. The minimum atomic E-state index is -0.398. The molecule has 2 N–H and O–H groups in total. The Hall–Kier alpha value is -2.66. The number of amides is 2. The number of carbonyl (C=O) groups is 2. The molecule has 1 heterocycles. The van der Waals surface area contributed by atoms with Gasteiger partial charge in [0.2, 0.25) is 0 Å². The first kappa shape index (κ1) is 18.1. The van der Waals surface area contributed by atoms with Gasteiger partial charge in [-0.3, -0.25) is 9.59 Å². The molecule has 136 valence electrons. The Morgan fingerprint density at radius 1 is 1.04 bits per heavy atom. The molecule has 1 fully saturated rings. The van der Waals surface area contributed by atoms with E-state index in [1.54, 1.807) is 24.3 Å². The first-order valence-electron chi connectivity index (χ1n) is 8.86. The Morgan fingerprint density at radius 2 is 1.77 bits per heavy atom. The predicted molar refractivity (Wildman–Crippen MR) is 103 cm³/mol. The van der Waals surface area contributed by atoms with Crippen molar-refractivity contribution in [1.82, 2.24) is 0 Å². The van der Waals surface area contributed by atoms with E-state index >= 15 is 0 Å². The molecule has 1 saturated heterocycles. The Morgan fingerprint density at radius 3 is 2.42 bits per heavy atom. The van der Waals surface area contributed by atoms with E-state index in [1.807, 2.05) is 32.9 Å². The van der Waals surface area contributed by atoms with E-state index in [2.05, 4.69) is 10.6 Å². The summed E-state index contributed by atoms with van der Waals surface area (Å²) in [5.74, 6) is -0.362. The van der Waals surface area contributed by atoms with Gasteiger partial charge >= 0.3 is 0 Å². The van der Waals surface area contributed by atoms with Crippen LogP contribution in [0.15, 0.2) is 36.4 Å². The fourth-order valence-corrected chi connectivity index (χ4v) is 3.31. The molecule has 0 radical (unpaired) electrons. The lowest BCUT2D eigenvalue weighted by atomic mass is 10.0. The molecule has 0 aliphatic carbocycles. The first-order chi connectivity index (χ1) is 12.4. The molecule has 3 rings (SSSR count). The Balaban J connectivity index is 1.73. The van der Waals surface area contributed by atoms with Crippen LogP contribution >= 0.6 is 0 Å². The van der Waals surface area contributed by atoms with Crippen LogP contribution in [0.4, 0.5) is 11.4 Å². The number of benzene rings is 2. The molecule has 26 heavy (non-hydrogen) atoms. The summed E-state index contributed by atoms with van der Waals surface area (Å²) in [6.07, 6.45) is 1.23. The molecule has 0 bridgehead atoms. The maximum absolute atomic E-state index is 12.6. The monoisotopic (exact) mass is 352 g/mol. The number of carbonyl (C=O) groups excluding carboxylic acids is 2. The minimum Gasteiger partial charge on any atom is -0.368 e. The summed E-state index contributed by atoms with van der Waals surface area (Å²) < 4.78 is 5.39. The lowest BCUT2D eigenvalue weighted by molar-refractivity contribution is -0.124. The highest BCUT2D eigenvalue weighted by molar-refractivity contribution is 6.06. The smallest absolute Gasteiger partial charge is 0.255 e. The number of aryl methyl sites for hydroxylation is 3. The van der Waals surface area contributed by atoms with Gasteiger partial charge in [0.15, 0.2) is 0 Å². The molecular weight excluding hydrogens is 328 g/mol. The van der Waals surface area contributed by atoms with Crippen LogP contribution in [0.25, 0.3) is 0 Å². The number of hydrogen-bond donors (Lipinski definition) is 2. The van der Waals surface area contributed by atoms with Crippen LogP contribution in [-0.4, -0.2) is 24.5 Å². The molecule has 5 heteroatoms. The topological polar surface area (TPSA) is 67.4 Å². The molecule has 1 aliphatic rings. The highest BCUT2D eigenvalue weighted by Gasteiger charge is 2.23. The Labute approximate surface area is 153 Å². The van der Waals surface area contributed by atoms with Crippen molar-refractivity contribution in [2.24, 2.45) is 0 Å². The number of rotatable bonds is 4. The van der Waals surface area contributed by atoms with Gasteiger partial charge in [-0.15, -0.1) is 0 Å². The summed E-state index contributed by atoms with van der Waals surface area (Å²) in [7, 11) is 0. The highest BCUT2D eigenvalue weighted by atomic mass is 16.5. The first-order valence-corrected chi connectivity index (χ1v) is 8.86. The van der Waals surface area contributed by atoms with Crippen molar-refractivity contribution in [1.29, 1.82) is 0 Å². The lowest BCUT2D eigenvalue weighted by Crippen LogP contribution is -2.27. The third-order valence-electron chi connectivity index (χ3n) is 4.53. The Kier molecular flexibility index (Phi) is 5.38. The molecule has 0 saturated carbocycles. The summed E-state index contributed by atoms with van der Waals surface area (Å²) in [6.45, 7) is 6.61. The molecule has 1 unspecified atom stereocenters. The second kappa shape index (κ2) is 7.70. The van der Waals surface area contributed by atoms with Gasteiger partial charge in [-0.25, -0.2) is 0 Å². The van der Waals surface area contributed by atoms with Gasteiger partial charge in [-0.05, 0) is 62.9 Å². The zero-order valence-corrected chi connectivity index (χ0v) is 15.4. The van der Waals surface area contributed by atoms with E-state index in [-0.39, 0.29) is 11.8 Å². The van der Waals surface area contributed by atoms with Crippen molar-refractivity contribution in [2.45, 2.75) is 39.7 Å². The van der Waals surface area contributed by atoms with Crippen LogP contribution in [-0.2, 0) is 9.53 Å². The van der Waals surface area contributed by atoms with Crippen molar-refractivity contribution in [3.8, 4) is 0 Å². The quantitative estimate of drug-likeness (QED) is 0.874. The third kappa shape index (κ3) is 4.11. The maximum Gasteiger partial charge on any atom is 0.255 e. The normalized spacial score (nSPS) is 16.3. The van der Waals surface area contributed by atoms with Crippen LogP contribution < -0.4 is 10.6 Å². The number of ether oxygens (including phenoxy) is 1. The largest absolute Gasteiger partial charge is 0.368 e. The van der Waals surface area contributed by atoms with Crippen LogP contribution in [0.3, 0.4) is 0 Å². The van der Waals surface area contributed by atoms with E-state index < -0.39 is 6.10 Å². The molecule has 1 atom stereocenters. The molecule has 2 aromatic carbocycles. The number of hydrogen-bond acceptors (Lipinski definition) is 3. The standard InChI is InChI=1S/C21H24N2O3/c1-13-10-14(2)19(15(3)11-13)23-20(24)16-6-4-7-17(12-16)22-21(25)18-8-5-9-26-18/h4,6-7,10-12,18H,5,8-9H2,1-3H3,(H,22,25)(H,23,24). The SMILES string of the molecule is Cc1cc(C)c(NC(=O)c2cccc(NC(=O)C3CCCO3)c2)c(C)c1. The fraction of sp³-hybridized carbons (Fsp3) is 0.333. The summed E-state index contributed by atoms with van der Waals surface area (Å²) >= 11 is 0. The van der Waals surface area contributed by atoms with Crippen molar-refractivity contribution in [3.63, 3.8) is 0 Å². The predicted octanol–water partition coefficient (Wildman–Crippen LogP) is 3.98. The van der Waals surface area contributed by atoms with E-state index in [4.69, 9.17) is 4.74 Å². The van der Waals surface area contributed by atoms with Crippen LogP contribution in [0.1, 0.15) is 39.9 Å². The minimum absolute atomic E-state index is 0.162. The van der Waals surface area contributed by atoms with Gasteiger partial charge < -0.3 is 15.4 Å². The van der Waals surface area contributed by atoms with Gasteiger partial charge in [0, 0.05) is 23.5 Å². The summed E-state index contributed by atoms with van der Waals surface area (Å²) in [4.78, 5) is 24.8.